The molecule has 2 N–H and O–H groups in total. The number of halogens is 2. The van der Waals surface area contributed by atoms with Gasteiger partial charge < -0.3 is 20.3 Å². The number of ether oxygens (including phenoxy) is 1. The van der Waals surface area contributed by atoms with Gasteiger partial charge in [0, 0.05) is 12.2 Å². The quantitative estimate of drug-likeness (QED) is 0.836. The Labute approximate surface area is 150 Å². The van der Waals surface area contributed by atoms with E-state index in [1.807, 2.05) is 0 Å². The molecule has 1 aromatic rings. The fraction of sp³-hybridized carbons (Fsp3) is 0.556. The topological polar surface area (TPSA) is 70.7 Å². The van der Waals surface area contributed by atoms with E-state index in [0.29, 0.717) is 18.7 Å². The molecule has 3 rings (SSSR count). The van der Waals surface area contributed by atoms with Crippen molar-refractivity contribution in [1.29, 1.82) is 0 Å². The summed E-state index contributed by atoms with van der Waals surface area (Å²) in [5.74, 6) is -0.269. The van der Waals surface area contributed by atoms with Crippen LogP contribution in [-0.4, -0.2) is 43.6 Å². The number of nitrogens with zero attached hydrogens (tertiary/aromatic N) is 1. The number of rotatable bonds is 5. The normalized spacial score (nSPS) is 23.8. The molecule has 2 fully saturated rings. The first-order valence-electron chi connectivity index (χ1n) is 8.94. The number of hydrogen-bond donors (Lipinski definition) is 2. The third-order valence-electron chi connectivity index (χ3n) is 4.76. The molecule has 26 heavy (non-hydrogen) atoms. The highest BCUT2D eigenvalue weighted by molar-refractivity contribution is 6.00. The largest absolute Gasteiger partial charge is 0.435 e. The van der Waals surface area contributed by atoms with E-state index in [9.17, 15) is 18.4 Å². The molecule has 2 amide bonds. The molecule has 0 radical (unpaired) electrons. The number of alkyl halides is 2. The fourth-order valence-electron chi connectivity index (χ4n) is 3.42. The highest BCUT2D eigenvalue weighted by Gasteiger charge is 2.32. The van der Waals surface area contributed by atoms with E-state index >= 15 is 0 Å². The molecule has 6 nitrogen and oxygen atoms in total. The number of nitrogens with one attached hydrogen (secondary N) is 2. The van der Waals surface area contributed by atoms with Crippen LogP contribution in [0.15, 0.2) is 24.3 Å². The lowest BCUT2D eigenvalue weighted by Crippen LogP contribution is -2.56. The zero-order valence-corrected chi connectivity index (χ0v) is 14.4. The smallest absolute Gasteiger partial charge is 0.387 e. The zero-order valence-electron chi connectivity index (χ0n) is 14.4. The number of carbonyl (C=O) groups is 2. The third-order valence-corrected chi connectivity index (χ3v) is 4.76. The molecule has 2 saturated heterocycles. The second-order valence-corrected chi connectivity index (χ2v) is 6.57. The first-order valence-corrected chi connectivity index (χ1v) is 8.94. The average Bonchev–Trinajstić information content (AvgIpc) is 2.64. The van der Waals surface area contributed by atoms with Gasteiger partial charge >= 0.3 is 6.61 Å². The maximum absolute atomic E-state index is 12.7. The van der Waals surface area contributed by atoms with Crippen LogP contribution in [0, 0.1) is 0 Å². The lowest BCUT2D eigenvalue weighted by Gasteiger charge is -2.34. The van der Waals surface area contributed by atoms with Crippen molar-refractivity contribution >= 4 is 17.5 Å². The summed E-state index contributed by atoms with van der Waals surface area (Å²) in [5, 5.41) is 6.03. The lowest BCUT2D eigenvalue weighted by atomic mass is 10.0. The summed E-state index contributed by atoms with van der Waals surface area (Å²) in [6, 6.07) is 5.16. The van der Waals surface area contributed by atoms with Crippen LogP contribution in [0.25, 0.3) is 0 Å². The van der Waals surface area contributed by atoms with Gasteiger partial charge in [0.25, 0.3) is 0 Å². The van der Waals surface area contributed by atoms with Gasteiger partial charge in [-0.2, -0.15) is 8.78 Å². The van der Waals surface area contributed by atoms with E-state index in [1.54, 1.807) is 17.0 Å². The predicted molar refractivity (Wildman–Crippen MR) is 92.2 cm³/mol. The number of carbonyl (C=O) groups excluding carboxylic acids is 2. The van der Waals surface area contributed by atoms with E-state index in [1.165, 1.54) is 12.1 Å². The van der Waals surface area contributed by atoms with Crippen LogP contribution in [0.3, 0.4) is 0 Å². The maximum atomic E-state index is 12.7. The van der Waals surface area contributed by atoms with Crippen LogP contribution in [0.1, 0.15) is 32.1 Å². The minimum atomic E-state index is -2.88. The van der Waals surface area contributed by atoms with Crippen molar-refractivity contribution < 1.29 is 23.1 Å². The Balaban J connectivity index is 1.62. The summed E-state index contributed by atoms with van der Waals surface area (Å²) < 4.78 is 28.8. The Hall–Kier alpha value is -2.22. The first kappa shape index (κ1) is 18.6. The summed E-state index contributed by atoms with van der Waals surface area (Å²) in [4.78, 5) is 26.7. The molecule has 0 saturated carbocycles. The van der Waals surface area contributed by atoms with Gasteiger partial charge in [0.1, 0.15) is 11.8 Å². The first-order chi connectivity index (χ1) is 12.5. The van der Waals surface area contributed by atoms with E-state index in [2.05, 4.69) is 15.4 Å². The third kappa shape index (κ3) is 4.49. The van der Waals surface area contributed by atoms with Gasteiger partial charge in [-0.3, -0.25) is 9.59 Å². The molecule has 0 aliphatic carbocycles. The summed E-state index contributed by atoms with van der Waals surface area (Å²) in [6.45, 7) is -1.54. The Morgan fingerprint density at radius 2 is 1.96 bits per heavy atom. The van der Waals surface area contributed by atoms with Gasteiger partial charge in [0.15, 0.2) is 0 Å². The molecule has 1 aromatic carbocycles. The Morgan fingerprint density at radius 1 is 1.19 bits per heavy atom. The Bertz CT molecular complexity index is 633. The minimum Gasteiger partial charge on any atom is -0.435 e. The summed E-state index contributed by atoms with van der Waals surface area (Å²) in [7, 11) is 0. The molecule has 2 heterocycles. The number of hydrogen-bond acceptors (Lipinski definition) is 4. The van der Waals surface area contributed by atoms with Crippen molar-refractivity contribution in [3.63, 3.8) is 0 Å². The van der Waals surface area contributed by atoms with E-state index in [4.69, 9.17) is 0 Å². The minimum absolute atomic E-state index is 0.0430. The second kappa shape index (κ2) is 8.44. The van der Waals surface area contributed by atoms with Crippen molar-refractivity contribution in [2.24, 2.45) is 0 Å². The molecular formula is C18H23F2N3O3. The van der Waals surface area contributed by atoms with Crippen molar-refractivity contribution in [2.45, 2.75) is 50.8 Å². The number of benzene rings is 1. The summed E-state index contributed by atoms with van der Waals surface area (Å²) in [6.07, 6.45) is 4.19. The van der Waals surface area contributed by atoms with Crippen molar-refractivity contribution in [3.05, 3.63) is 24.3 Å². The van der Waals surface area contributed by atoms with Gasteiger partial charge in [-0.1, -0.05) is 6.42 Å². The standard InChI is InChI=1S/C18H23F2N3O3/c19-18(20)26-13-8-6-12(7-9-13)23-11-3-5-15(17(23)25)22-16(24)14-4-1-2-10-21-14/h6-9,14-15,18,21H,1-5,10-11H2,(H,22,24). The van der Waals surface area contributed by atoms with Gasteiger partial charge in [-0.25, -0.2) is 0 Å². The van der Waals surface area contributed by atoms with Crippen LogP contribution >= 0.6 is 0 Å². The predicted octanol–water partition coefficient (Wildman–Crippen LogP) is 2.04. The van der Waals surface area contributed by atoms with Gasteiger partial charge in [-0.05, 0) is 56.5 Å². The molecule has 0 bridgehead atoms. The monoisotopic (exact) mass is 367 g/mol. The summed E-state index contributed by atoms with van der Waals surface area (Å²) >= 11 is 0. The molecule has 2 aliphatic rings. The SMILES string of the molecule is O=C(NC1CCCN(c2ccc(OC(F)F)cc2)C1=O)C1CCCCN1. The molecule has 0 aromatic heterocycles. The van der Waals surface area contributed by atoms with Crippen molar-refractivity contribution in [2.75, 3.05) is 18.0 Å². The molecule has 142 valence electrons. The van der Waals surface area contributed by atoms with E-state index < -0.39 is 12.7 Å². The Kier molecular flexibility index (Phi) is 6.03. The fourth-order valence-corrected chi connectivity index (χ4v) is 3.42. The van der Waals surface area contributed by atoms with Crippen LogP contribution in [0.5, 0.6) is 5.75 Å². The number of anilines is 1. The van der Waals surface area contributed by atoms with Gasteiger partial charge in [0.2, 0.25) is 11.8 Å². The lowest BCUT2D eigenvalue weighted by molar-refractivity contribution is -0.129. The highest BCUT2D eigenvalue weighted by Crippen LogP contribution is 2.24. The number of amides is 2. The molecule has 8 heteroatoms. The molecule has 0 spiro atoms. The molecule has 2 aliphatic heterocycles. The molecule has 2 unspecified atom stereocenters. The van der Waals surface area contributed by atoms with Crippen LogP contribution in [-0.2, 0) is 9.59 Å². The van der Waals surface area contributed by atoms with Gasteiger partial charge in [0.05, 0.1) is 6.04 Å². The number of piperidine rings is 2. The van der Waals surface area contributed by atoms with Gasteiger partial charge in [-0.15, -0.1) is 0 Å². The molecule has 2 atom stereocenters. The van der Waals surface area contributed by atoms with Crippen LogP contribution in [0.4, 0.5) is 14.5 Å². The molecular weight excluding hydrogens is 344 g/mol. The maximum Gasteiger partial charge on any atom is 0.387 e. The Morgan fingerprint density at radius 3 is 2.62 bits per heavy atom. The van der Waals surface area contributed by atoms with Crippen LogP contribution in [0.2, 0.25) is 0 Å². The van der Waals surface area contributed by atoms with Crippen LogP contribution < -0.4 is 20.3 Å². The van der Waals surface area contributed by atoms with Crippen molar-refractivity contribution in [1.82, 2.24) is 10.6 Å². The second-order valence-electron chi connectivity index (χ2n) is 6.57. The van der Waals surface area contributed by atoms with E-state index in [-0.39, 0.29) is 23.6 Å². The average molecular weight is 367 g/mol. The summed E-state index contributed by atoms with van der Waals surface area (Å²) in [5.41, 5.74) is 0.603. The highest BCUT2D eigenvalue weighted by atomic mass is 19.3. The van der Waals surface area contributed by atoms with E-state index in [0.717, 1.165) is 32.2 Å². The van der Waals surface area contributed by atoms with Crippen molar-refractivity contribution in [3.8, 4) is 5.75 Å². The zero-order chi connectivity index (χ0) is 18.5.